The summed E-state index contributed by atoms with van der Waals surface area (Å²) < 4.78 is 0. The molecule has 124 valence electrons. The Morgan fingerprint density at radius 2 is 1.60 bits per heavy atom. The number of aromatic nitrogens is 1. The summed E-state index contributed by atoms with van der Waals surface area (Å²) in [6.45, 7) is 0. The lowest BCUT2D eigenvalue weighted by Crippen LogP contribution is -2.01. The van der Waals surface area contributed by atoms with Gasteiger partial charge in [0, 0.05) is 17.1 Å². The molecule has 3 aromatic rings. The van der Waals surface area contributed by atoms with Crippen LogP contribution in [0.25, 0.3) is 23.1 Å². The Balaban J connectivity index is 1.60. The van der Waals surface area contributed by atoms with Crippen LogP contribution >= 0.6 is 0 Å². The van der Waals surface area contributed by atoms with Gasteiger partial charge in [-0.3, -0.25) is 9.59 Å². The number of hydrogen-bond acceptors (Lipinski definition) is 3. The summed E-state index contributed by atoms with van der Waals surface area (Å²) in [5.41, 5.74) is 2.70. The lowest BCUT2D eigenvalue weighted by molar-refractivity contribution is -0.121. The Morgan fingerprint density at radius 3 is 2.36 bits per heavy atom. The molecule has 1 heterocycles. The Bertz CT molecular complexity index is 962. The molecule has 0 saturated heterocycles. The van der Waals surface area contributed by atoms with Crippen molar-refractivity contribution >= 4 is 34.6 Å². The molecule has 0 fully saturated rings. The van der Waals surface area contributed by atoms with Crippen LogP contribution < -0.4 is 0 Å². The molecule has 2 N–H and O–H groups in total. The average Bonchev–Trinajstić information content (AvgIpc) is 3.03. The molecule has 0 unspecified atom stereocenters. The van der Waals surface area contributed by atoms with Crippen LogP contribution in [0.3, 0.4) is 0 Å². The number of aromatic amines is 1. The van der Waals surface area contributed by atoms with Crippen molar-refractivity contribution in [3.63, 3.8) is 0 Å². The van der Waals surface area contributed by atoms with E-state index in [1.807, 2.05) is 30.5 Å². The third-order valence-electron chi connectivity index (χ3n) is 3.77. The van der Waals surface area contributed by atoms with Crippen LogP contribution in [0.2, 0.25) is 0 Å². The number of phenols is 1. The molecule has 0 aliphatic carbocycles. The van der Waals surface area contributed by atoms with E-state index in [0.717, 1.165) is 22.0 Å². The van der Waals surface area contributed by atoms with E-state index in [4.69, 9.17) is 0 Å². The van der Waals surface area contributed by atoms with Crippen LogP contribution in [0.5, 0.6) is 5.75 Å². The SMILES string of the molecule is O=C(C=Cc1ccc(O)cc1)CC(=O)C=Cc1c[nH]c2ccccc12. The van der Waals surface area contributed by atoms with E-state index in [1.54, 1.807) is 36.4 Å². The van der Waals surface area contributed by atoms with E-state index in [9.17, 15) is 14.7 Å². The van der Waals surface area contributed by atoms with Crippen LogP contribution in [0, 0.1) is 0 Å². The second kappa shape index (κ2) is 7.45. The summed E-state index contributed by atoms with van der Waals surface area (Å²) in [4.78, 5) is 27.0. The number of hydrogen-bond donors (Lipinski definition) is 2. The van der Waals surface area contributed by atoms with Gasteiger partial charge in [0.2, 0.25) is 0 Å². The predicted molar refractivity (Wildman–Crippen MR) is 99.1 cm³/mol. The smallest absolute Gasteiger partial charge is 0.163 e. The van der Waals surface area contributed by atoms with Gasteiger partial charge in [-0.1, -0.05) is 36.4 Å². The molecule has 25 heavy (non-hydrogen) atoms. The van der Waals surface area contributed by atoms with E-state index in [2.05, 4.69) is 4.98 Å². The maximum atomic E-state index is 12.0. The molecular weight excluding hydrogens is 314 g/mol. The Kier molecular flexibility index (Phi) is 4.90. The van der Waals surface area contributed by atoms with Gasteiger partial charge in [0.15, 0.2) is 11.6 Å². The van der Waals surface area contributed by atoms with Crippen molar-refractivity contribution in [2.75, 3.05) is 0 Å². The molecule has 0 aliphatic rings. The van der Waals surface area contributed by atoms with E-state index in [1.165, 1.54) is 12.2 Å². The summed E-state index contributed by atoms with van der Waals surface area (Å²) in [6.07, 6.45) is 7.82. The van der Waals surface area contributed by atoms with Crippen LogP contribution in [0.15, 0.2) is 66.9 Å². The van der Waals surface area contributed by atoms with Gasteiger partial charge in [0.25, 0.3) is 0 Å². The van der Waals surface area contributed by atoms with Gasteiger partial charge in [-0.15, -0.1) is 0 Å². The van der Waals surface area contributed by atoms with Crippen molar-refractivity contribution in [2.45, 2.75) is 6.42 Å². The molecule has 0 saturated carbocycles. The highest BCUT2D eigenvalue weighted by molar-refractivity contribution is 6.11. The number of H-pyrrole nitrogens is 1. The summed E-state index contributed by atoms with van der Waals surface area (Å²) >= 11 is 0. The topological polar surface area (TPSA) is 70.2 Å². The molecule has 4 nitrogen and oxygen atoms in total. The highest BCUT2D eigenvalue weighted by atomic mass is 16.3. The molecule has 3 rings (SSSR count). The Morgan fingerprint density at radius 1 is 0.920 bits per heavy atom. The molecule has 2 aromatic carbocycles. The molecule has 0 spiro atoms. The molecule has 1 aromatic heterocycles. The minimum Gasteiger partial charge on any atom is -0.508 e. The van der Waals surface area contributed by atoms with Crippen molar-refractivity contribution in [2.24, 2.45) is 0 Å². The number of nitrogens with one attached hydrogen (secondary N) is 1. The zero-order valence-electron chi connectivity index (χ0n) is 13.5. The van der Waals surface area contributed by atoms with Crippen LogP contribution in [0.4, 0.5) is 0 Å². The molecule has 0 radical (unpaired) electrons. The van der Waals surface area contributed by atoms with Gasteiger partial charge in [-0.25, -0.2) is 0 Å². The number of allylic oxidation sites excluding steroid dienone is 2. The van der Waals surface area contributed by atoms with Crippen molar-refractivity contribution < 1.29 is 14.7 Å². The van der Waals surface area contributed by atoms with Gasteiger partial charge in [-0.05, 0) is 47.6 Å². The fraction of sp³-hybridized carbons (Fsp3) is 0.0476. The molecule has 0 atom stereocenters. The number of ketones is 2. The average molecular weight is 331 g/mol. The normalized spacial score (nSPS) is 11.5. The number of para-hydroxylation sites is 1. The van der Waals surface area contributed by atoms with Crippen LogP contribution in [-0.2, 0) is 9.59 Å². The second-order valence-electron chi connectivity index (χ2n) is 5.66. The first kappa shape index (κ1) is 16.5. The van der Waals surface area contributed by atoms with E-state index in [-0.39, 0.29) is 23.7 Å². The first-order chi connectivity index (χ1) is 12.1. The number of phenolic OH excluding ortho intramolecular Hbond substituents is 1. The summed E-state index contributed by atoms with van der Waals surface area (Å²) in [7, 11) is 0. The van der Waals surface area contributed by atoms with E-state index < -0.39 is 0 Å². The fourth-order valence-corrected chi connectivity index (χ4v) is 2.48. The van der Waals surface area contributed by atoms with Gasteiger partial charge >= 0.3 is 0 Å². The maximum Gasteiger partial charge on any atom is 0.163 e. The summed E-state index contributed by atoms with van der Waals surface area (Å²) in [5.74, 6) is -0.339. The molecular formula is C21H17NO3. The molecule has 0 aliphatic heterocycles. The van der Waals surface area contributed by atoms with Gasteiger partial charge in [0.1, 0.15) is 5.75 Å². The van der Waals surface area contributed by atoms with Crippen LogP contribution in [-0.4, -0.2) is 21.7 Å². The van der Waals surface area contributed by atoms with E-state index >= 15 is 0 Å². The first-order valence-corrected chi connectivity index (χ1v) is 7.89. The van der Waals surface area contributed by atoms with Gasteiger partial charge < -0.3 is 10.1 Å². The van der Waals surface area contributed by atoms with Crippen LogP contribution in [0.1, 0.15) is 17.5 Å². The first-order valence-electron chi connectivity index (χ1n) is 7.89. The Labute approximate surface area is 145 Å². The fourth-order valence-electron chi connectivity index (χ4n) is 2.48. The third-order valence-corrected chi connectivity index (χ3v) is 3.77. The number of rotatable bonds is 6. The number of aromatic hydroxyl groups is 1. The standard InChI is InChI=1S/C21H17NO3/c23-17-9-5-15(6-10-17)7-11-18(24)13-19(25)12-8-16-14-22-21-4-2-1-3-20(16)21/h1-12,14,22-23H,13H2. The van der Waals surface area contributed by atoms with E-state index in [0.29, 0.717) is 0 Å². The largest absolute Gasteiger partial charge is 0.508 e. The quantitative estimate of drug-likeness (QED) is 0.527. The molecule has 4 heteroatoms. The number of carbonyl (C=O) groups is 2. The highest BCUT2D eigenvalue weighted by Crippen LogP contribution is 2.18. The minimum absolute atomic E-state index is 0.168. The Hall–Kier alpha value is -3.40. The zero-order valence-corrected chi connectivity index (χ0v) is 13.5. The molecule has 0 bridgehead atoms. The molecule has 0 amide bonds. The summed E-state index contributed by atoms with van der Waals surface area (Å²) in [6, 6.07) is 14.3. The van der Waals surface area contributed by atoms with Gasteiger partial charge in [0.05, 0.1) is 6.42 Å². The lowest BCUT2D eigenvalue weighted by Gasteiger charge is -1.94. The van der Waals surface area contributed by atoms with Crippen molar-refractivity contribution in [3.05, 3.63) is 78.0 Å². The minimum atomic E-state index is -0.262. The summed E-state index contributed by atoms with van der Waals surface area (Å²) in [5, 5.41) is 10.2. The second-order valence-corrected chi connectivity index (χ2v) is 5.66. The lowest BCUT2D eigenvalue weighted by atomic mass is 10.1. The van der Waals surface area contributed by atoms with Crippen molar-refractivity contribution in [1.29, 1.82) is 0 Å². The van der Waals surface area contributed by atoms with Crippen molar-refractivity contribution in [1.82, 2.24) is 4.98 Å². The monoisotopic (exact) mass is 331 g/mol. The third kappa shape index (κ3) is 4.32. The van der Waals surface area contributed by atoms with Gasteiger partial charge in [-0.2, -0.15) is 0 Å². The predicted octanol–water partition coefficient (Wildman–Crippen LogP) is 4.13. The number of fused-ring (bicyclic) bond motifs is 1. The number of benzene rings is 2. The van der Waals surface area contributed by atoms with Crippen molar-refractivity contribution in [3.8, 4) is 5.75 Å². The zero-order chi connectivity index (χ0) is 17.6. The number of carbonyl (C=O) groups excluding carboxylic acids is 2. The highest BCUT2D eigenvalue weighted by Gasteiger charge is 2.05. The maximum absolute atomic E-state index is 12.0.